The van der Waals surface area contributed by atoms with Crippen LogP contribution in [0.5, 0.6) is 0 Å². The highest BCUT2D eigenvalue weighted by Crippen LogP contribution is 2.01. The lowest BCUT2D eigenvalue weighted by atomic mass is 10.2. The number of hydrogen-bond acceptors (Lipinski definition) is 5. The zero-order chi connectivity index (χ0) is 15.5. The number of alkyl carbamates (subject to hydrolysis) is 1. The molecule has 1 aromatic carbocycles. The van der Waals surface area contributed by atoms with Crippen molar-refractivity contribution in [1.82, 2.24) is 5.32 Å². The predicted octanol–water partition coefficient (Wildman–Crippen LogP) is 1.39. The summed E-state index contributed by atoms with van der Waals surface area (Å²) in [6.45, 7) is 1.73. The lowest BCUT2D eigenvalue weighted by Crippen LogP contribution is -2.40. The highest BCUT2D eigenvalue weighted by molar-refractivity contribution is 5.83. The third-order valence-corrected chi connectivity index (χ3v) is 2.46. The molecule has 0 saturated carbocycles. The second kappa shape index (κ2) is 9.55. The average molecular weight is 293 g/mol. The van der Waals surface area contributed by atoms with E-state index in [4.69, 9.17) is 14.6 Å². The van der Waals surface area contributed by atoms with E-state index in [0.717, 1.165) is 5.56 Å². The van der Waals surface area contributed by atoms with Gasteiger partial charge in [0, 0.05) is 0 Å². The summed E-state index contributed by atoms with van der Waals surface area (Å²) in [4.78, 5) is 23.3. The molecule has 0 saturated heterocycles. The van der Waals surface area contributed by atoms with Gasteiger partial charge in [-0.1, -0.05) is 42.5 Å². The normalized spacial score (nSPS) is 11.9. The number of amides is 1. The Balaban J connectivity index is 2.51. The first-order valence-electron chi connectivity index (χ1n) is 6.58. The number of nitrogens with one attached hydrogen (secondary N) is 1. The van der Waals surface area contributed by atoms with Gasteiger partial charge in [-0.2, -0.15) is 0 Å². The minimum atomic E-state index is -0.986. The van der Waals surface area contributed by atoms with Gasteiger partial charge in [0.25, 0.3) is 0 Å². The molecule has 0 bridgehead atoms. The molecule has 0 heterocycles. The lowest BCUT2D eigenvalue weighted by Gasteiger charge is -2.14. The molecule has 0 aliphatic carbocycles. The first kappa shape index (κ1) is 16.7. The number of ether oxygens (including phenoxy) is 2. The molecular formula is C15H19NO5. The van der Waals surface area contributed by atoms with Gasteiger partial charge in [0.2, 0.25) is 0 Å². The second-order valence-electron chi connectivity index (χ2n) is 4.05. The average Bonchev–Trinajstić information content (AvgIpc) is 2.50. The van der Waals surface area contributed by atoms with Gasteiger partial charge in [-0.3, -0.25) is 0 Å². The van der Waals surface area contributed by atoms with E-state index in [1.807, 2.05) is 30.3 Å². The SMILES string of the molecule is CCOC(=O)[C@H](/C=C/CO)NC(=O)OCc1ccccc1. The predicted molar refractivity (Wildman–Crippen MR) is 76.4 cm³/mol. The van der Waals surface area contributed by atoms with Gasteiger partial charge in [-0.05, 0) is 12.5 Å². The van der Waals surface area contributed by atoms with Crippen molar-refractivity contribution in [3.63, 3.8) is 0 Å². The Hall–Kier alpha value is -2.34. The molecular weight excluding hydrogens is 274 g/mol. The van der Waals surface area contributed by atoms with Crippen LogP contribution >= 0.6 is 0 Å². The van der Waals surface area contributed by atoms with Gasteiger partial charge in [0.05, 0.1) is 13.2 Å². The maximum atomic E-state index is 11.7. The van der Waals surface area contributed by atoms with Crippen LogP contribution in [0.1, 0.15) is 12.5 Å². The van der Waals surface area contributed by atoms with Crippen LogP contribution in [0.15, 0.2) is 42.5 Å². The van der Waals surface area contributed by atoms with Crippen LogP contribution in [0.3, 0.4) is 0 Å². The van der Waals surface area contributed by atoms with Crippen LogP contribution in [-0.4, -0.2) is 36.4 Å². The van der Waals surface area contributed by atoms with Crippen molar-refractivity contribution in [2.24, 2.45) is 0 Å². The largest absolute Gasteiger partial charge is 0.464 e. The molecule has 0 fully saturated rings. The smallest absolute Gasteiger partial charge is 0.408 e. The molecule has 0 aliphatic rings. The first-order chi connectivity index (χ1) is 10.2. The summed E-state index contributed by atoms with van der Waals surface area (Å²) >= 11 is 0. The molecule has 1 rings (SSSR count). The standard InChI is InChI=1S/C15H19NO5/c1-2-20-14(18)13(9-6-10-17)16-15(19)21-11-12-7-4-3-5-8-12/h3-9,13,17H,2,10-11H2,1H3,(H,16,19)/b9-6+/t13-/m0/s1. The number of hydrogen-bond donors (Lipinski definition) is 2. The van der Waals surface area contributed by atoms with Crippen molar-refractivity contribution in [3.05, 3.63) is 48.0 Å². The molecule has 6 heteroatoms. The molecule has 2 N–H and O–H groups in total. The first-order valence-corrected chi connectivity index (χ1v) is 6.58. The third kappa shape index (κ3) is 6.58. The molecule has 1 amide bonds. The highest BCUT2D eigenvalue weighted by Gasteiger charge is 2.19. The monoisotopic (exact) mass is 293 g/mol. The van der Waals surface area contributed by atoms with Crippen LogP contribution in [-0.2, 0) is 20.9 Å². The van der Waals surface area contributed by atoms with E-state index in [9.17, 15) is 9.59 Å². The lowest BCUT2D eigenvalue weighted by molar-refractivity contribution is -0.144. The van der Waals surface area contributed by atoms with E-state index in [1.165, 1.54) is 12.2 Å². The summed E-state index contributed by atoms with van der Waals surface area (Å²) < 4.78 is 9.84. The van der Waals surface area contributed by atoms with Crippen molar-refractivity contribution in [2.75, 3.05) is 13.2 Å². The molecule has 6 nitrogen and oxygen atoms in total. The zero-order valence-electron chi connectivity index (χ0n) is 11.8. The number of carbonyl (C=O) groups excluding carboxylic acids is 2. The van der Waals surface area contributed by atoms with Crippen molar-refractivity contribution in [1.29, 1.82) is 0 Å². The summed E-state index contributed by atoms with van der Waals surface area (Å²) in [5, 5.41) is 11.1. The van der Waals surface area contributed by atoms with Crippen LogP contribution in [0.25, 0.3) is 0 Å². The Labute approximate surface area is 123 Å². The van der Waals surface area contributed by atoms with Gasteiger partial charge < -0.3 is 19.9 Å². The van der Waals surface area contributed by atoms with E-state index in [2.05, 4.69) is 5.32 Å². The topological polar surface area (TPSA) is 84.9 Å². The molecule has 0 unspecified atom stereocenters. The minimum absolute atomic E-state index is 0.103. The van der Waals surface area contributed by atoms with Gasteiger partial charge in [0.1, 0.15) is 12.6 Å². The Bertz CT molecular complexity index is 472. The van der Waals surface area contributed by atoms with E-state index in [1.54, 1.807) is 6.92 Å². The number of aliphatic hydroxyl groups excluding tert-OH is 1. The molecule has 1 atom stereocenters. The molecule has 21 heavy (non-hydrogen) atoms. The Morgan fingerprint density at radius 2 is 2.00 bits per heavy atom. The molecule has 0 aromatic heterocycles. The van der Waals surface area contributed by atoms with Crippen LogP contribution < -0.4 is 5.32 Å². The number of rotatable bonds is 7. The number of benzene rings is 1. The Morgan fingerprint density at radius 3 is 2.62 bits per heavy atom. The van der Waals surface area contributed by atoms with Crippen LogP contribution in [0.2, 0.25) is 0 Å². The van der Waals surface area contributed by atoms with Crippen molar-refractivity contribution in [3.8, 4) is 0 Å². The number of carbonyl (C=O) groups is 2. The van der Waals surface area contributed by atoms with E-state index < -0.39 is 18.1 Å². The van der Waals surface area contributed by atoms with Crippen molar-refractivity contribution < 1.29 is 24.2 Å². The van der Waals surface area contributed by atoms with Gasteiger partial charge in [0.15, 0.2) is 0 Å². The fourth-order valence-corrected chi connectivity index (χ4v) is 1.51. The molecule has 114 valence electrons. The number of esters is 1. The highest BCUT2D eigenvalue weighted by atomic mass is 16.6. The van der Waals surface area contributed by atoms with Gasteiger partial charge >= 0.3 is 12.1 Å². The summed E-state index contributed by atoms with van der Waals surface area (Å²) in [6.07, 6.45) is 1.96. The second-order valence-corrected chi connectivity index (χ2v) is 4.05. The van der Waals surface area contributed by atoms with E-state index >= 15 is 0 Å². The van der Waals surface area contributed by atoms with Crippen molar-refractivity contribution in [2.45, 2.75) is 19.6 Å². The molecule has 0 radical (unpaired) electrons. The van der Waals surface area contributed by atoms with Crippen LogP contribution in [0.4, 0.5) is 4.79 Å². The molecule has 0 spiro atoms. The maximum Gasteiger partial charge on any atom is 0.408 e. The summed E-state index contributed by atoms with van der Waals surface area (Å²) in [5.41, 5.74) is 0.839. The summed E-state index contributed by atoms with van der Waals surface area (Å²) in [5.74, 6) is -0.612. The van der Waals surface area contributed by atoms with E-state index in [0.29, 0.717) is 0 Å². The zero-order valence-corrected chi connectivity index (χ0v) is 11.8. The van der Waals surface area contributed by atoms with Gasteiger partial charge in [-0.15, -0.1) is 0 Å². The molecule has 0 aliphatic heterocycles. The molecule has 1 aromatic rings. The quantitative estimate of drug-likeness (QED) is 0.586. The fourth-order valence-electron chi connectivity index (χ4n) is 1.51. The maximum absolute atomic E-state index is 11.7. The minimum Gasteiger partial charge on any atom is -0.464 e. The van der Waals surface area contributed by atoms with Crippen molar-refractivity contribution >= 4 is 12.1 Å². The number of aliphatic hydroxyl groups is 1. The Kier molecular flexibility index (Phi) is 7.60. The third-order valence-electron chi connectivity index (χ3n) is 2.46. The fraction of sp³-hybridized carbons (Fsp3) is 0.333. The Morgan fingerprint density at radius 1 is 1.29 bits per heavy atom. The van der Waals surface area contributed by atoms with Gasteiger partial charge in [-0.25, -0.2) is 9.59 Å². The summed E-state index contributed by atoms with van der Waals surface area (Å²) in [6, 6.07) is 8.19. The summed E-state index contributed by atoms with van der Waals surface area (Å²) in [7, 11) is 0. The van der Waals surface area contributed by atoms with Crippen LogP contribution in [0, 0.1) is 0 Å². The van der Waals surface area contributed by atoms with E-state index in [-0.39, 0.29) is 19.8 Å².